The molecular formula is C18H16Cl2N4S. The molecular weight excluding hydrogens is 375 g/mol. The van der Waals surface area contributed by atoms with Gasteiger partial charge in [0.2, 0.25) is 0 Å². The van der Waals surface area contributed by atoms with E-state index in [9.17, 15) is 0 Å². The SMILES string of the molecule is Cc1ccccc1Cn1cc(NC(=S)Nc2cc(Cl)ccc2Cl)cn1. The van der Waals surface area contributed by atoms with Crippen molar-refractivity contribution in [3.63, 3.8) is 0 Å². The van der Waals surface area contributed by atoms with E-state index >= 15 is 0 Å². The number of nitrogens with zero attached hydrogens (tertiary/aromatic N) is 2. The van der Waals surface area contributed by atoms with Crippen LogP contribution in [0.5, 0.6) is 0 Å². The van der Waals surface area contributed by atoms with Gasteiger partial charge in [-0.1, -0.05) is 47.5 Å². The third kappa shape index (κ3) is 4.72. The number of anilines is 2. The van der Waals surface area contributed by atoms with E-state index in [0.717, 1.165) is 5.69 Å². The van der Waals surface area contributed by atoms with Crippen LogP contribution in [0.1, 0.15) is 11.1 Å². The van der Waals surface area contributed by atoms with E-state index in [1.165, 1.54) is 11.1 Å². The smallest absolute Gasteiger partial charge is 0.175 e. The van der Waals surface area contributed by atoms with Crippen molar-refractivity contribution in [2.24, 2.45) is 0 Å². The number of benzene rings is 2. The molecule has 0 aliphatic rings. The summed E-state index contributed by atoms with van der Waals surface area (Å²) in [5.41, 5.74) is 3.91. The molecule has 0 saturated carbocycles. The maximum atomic E-state index is 6.13. The van der Waals surface area contributed by atoms with E-state index in [4.69, 9.17) is 35.4 Å². The van der Waals surface area contributed by atoms with Gasteiger partial charge in [-0.15, -0.1) is 0 Å². The number of halogens is 2. The maximum absolute atomic E-state index is 6.13. The summed E-state index contributed by atoms with van der Waals surface area (Å²) in [6.07, 6.45) is 3.63. The second-order valence-corrected chi connectivity index (χ2v) is 6.81. The first-order valence-corrected chi connectivity index (χ1v) is 8.78. The quantitative estimate of drug-likeness (QED) is 0.588. The molecule has 0 unspecified atom stereocenters. The summed E-state index contributed by atoms with van der Waals surface area (Å²) in [7, 11) is 0. The molecule has 3 aromatic rings. The standard InChI is InChI=1S/C18H16Cl2N4S/c1-12-4-2-3-5-13(12)10-24-11-15(9-21-24)22-18(25)23-17-8-14(19)6-7-16(17)20/h2-9,11H,10H2,1H3,(H2,22,23,25). The minimum atomic E-state index is 0.416. The van der Waals surface area contributed by atoms with Gasteiger partial charge in [-0.3, -0.25) is 4.68 Å². The van der Waals surface area contributed by atoms with Crippen LogP contribution < -0.4 is 10.6 Å². The summed E-state index contributed by atoms with van der Waals surface area (Å²) in [6, 6.07) is 13.4. The fraction of sp³-hybridized carbons (Fsp3) is 0.111. The van der Waals surface area contributed by atoms with Crippen molar-refractivity contribution in [3.05, 3.63) is 76.0 Å². The number of hydrogen-bond acceptors (Lipinski definition) is 2. The predicted molar refractivity (Wildman–Crippen MR) is 109 cm³/mol. The van der Waals surface area contributed by atoms with Crippen LogP contribution in [-0.4, -0.2) is 14.9 Å². The van der Waals surface area contributed by atoms with Gasteiger partial charge in [0.1, 0.15) is 0 Å². The van der Waals surface area contributed by atoms with Crippen LogP contribution in [0.15, 0.2) is 54.9 Å². The first-order valence-electron chi connectivity index (χ1n) is 7.61. The lowest BCUT2D eigenvalue weighted by Crippen LogP contribution is -2.19. The third-order valence-corrected chi connectivity index (χ3v) is 4.43. The first kappa shape index (κ1) is 17.7. The predicted octanol–water partition coefficient (Wildman–Crippen LogP) is 5.36. The monoisotopic (exact) mass is 390 g/mol. The highest BCUT2D eigenvalue weighted by atomic mass is 35.5. The molecule has 128 valence electrons. The molecule has 0 radical (unpaired) electrons. The molecule has 4 nitrogen and oxygen atoms in total. The fourth-order valence-electron chi connectivity index (χ4n) is 2.35. The van der Waals surface area contributed by atoms with E-state index in [2.05, 4.69) is 34.8 Å². The van der Waals surface area contributed by atoms with Gasteiger partial charge >= 0.3 is 0 Å². The van der Waals surface area contributed by atoms with Crippen LogP contribution in [-0.2, 0) is 6.54 Å². The zero-order valence-corrected chi connectivity index (χ0v) is 15.8. The van der Waals surface area contributed by atoms with Crippen molar-refractivity contribution >= 4 is 51.9 Å². The molecule has 1 heterocycles. The summed E-state index contributed by atoms with van der Waals surface area (Å²) >= 11 is 17.4. The Labute approximate surface area is 161 Å². The number of nitrogens with one attached hydrogen (secondary N) is 2. The number of rotatable bonds is 4. The first-order chi connectivity index (χ1) is 12.0. The topological polar surface area (TPSA) is 41.9 Å². The van der Waals surface area contributed by atoms with Gasteiger partial charge in [0.25, 0.3) is 0 Å². The molecule has 0 fully saturated rings. The second-order valence-electron chi connectivity index (χ2n) is 5.56. The Morgan fingerprint density at radius 2 is 1.96 bits per heavy atom. The molecule has 0 spiro atoms. The average molecular weight is 391 g/mol. The van der Waals surface area contributed by atoms with Crippen molar-refractivity contribution in [1.82, 2.24) is 9.78 Å². The van der Waals surface area contributed by atoms with Crippen LogP contribution in [0, 0.1) is 6.92 Å². The lowest BCUT2D eigenvalue weighted by molar-refractivity contribution is 0.684. The van der Waals surface area contributed by atoms with Crippen LogP contribution >= 0.6 is 35.4 Å². The zero-order valence-electron chi connectivity index (χ0n) is 13.5. The van der Waals surface area contributed by atoms with Crippen molar-refractivity contribution in [2.45, 2.75) is 13.5 Å². The molecule has 0 bridgehead atoms. The summed E-state index contributed by atoms with van der Waals surface area (Å²) < 4.78 is 1.86. The van der Waals surface area contributed by atoms with Crippen molar-refractivity contribution < 1.29 is 0 Å². The van der Waals surface area contributed by atoms with Crippen LogP contribution in [0.2, 0.25) is 10.0 Å². The van der Waals surface area contributed by atoms with E-state index < -0.39 is 0 Å². The van der Waals surface area contributed by atoms with Gasteiger partial charge in [0.15, 0.2) is 5.11 Å². The molecule has 0 atom stereocenters. The minimum absolute atomic E-state index is 0.416. The molecule has 0 aliphatic carbocycles. The Morgan fingerprint density at radius 1 is 1.16 bits per heavy atom. The molecule has 0 amide bonds. The van der Waals surface area contributed by atoms with Crippen molar-refractivity contribution in [3.8, 4) is 0 Å². The molecule has 3 rings (SSSR count). The van der Waals surface area contributed by atoms with Gasteiger partial charge in [0, 0.05) is 11.2 Å². The highest BCUT2D eigenvalue weighted by Crippen LogP contribution is 2.25. The van der Waals surface area contributed by atoms with E-state index in [1.807, 2.05) is 23.0 Å². The van der Waals surface area contributed by atoms with E-state index in [1.54, 1.807) is 24.4 Å². The number of aromatic nitrogens is 2. The van der Waals surface area contributed by atoms with E-state index in [-0.39, 0.29) is 0 Å². The van der Waals surface area contributed by atoms with Crippen LogP contribution in [0.25, 0.3) is 0 Å². The highest BCUT2D eigenvalue weighted by Gasteiger charge is 2.06. The molecule has 25 heavy (non-hydrogen) atoms. The Hall–Kier alpha value is -2.08. The van der Waals surface area contributed by atoms with Gasteiger partial charge in [0.05, 0.1) is 29.1 Å². The van der Waals surface area contributed by atoms with Crippen molar-refractivity contribution in [1.29, 1.82) is 0 Å². The Balaban J connectivity index is 1.64. The maximum Gasteiger partial charge on any atom is 0.175 e. The van der Waals surface area contributed by atoms with E-state index in [0.29, 0.717) is 27.4 Å². The molecule has 2 N–H and O–H groups in total. The summed E-state index contributed by atoms with van der Waals surface area (Å²) in [6.45, 7) is 2.79. The van der Waals surface area contributed by atoms with Gasteiger partial charge in [-0.05, 0) is 48.5 Å². The van der Waals surface area contributed by atoms with Crippen LogP contribution in [0.3, 0.4) is 0 Å². The van der Waals surface area contributed by atoms with Gasteiger partial charge < -0.3 is 10.6 Å². The molecule has 0 aliphatic heterocycles. The normalized spacial score (nSPS) is 10.5. The Morgan fingerprint density at radius 3 is 2.76 bits per heavy atom. The van der Waals surface area contributed by atoms with Gasteiger partial charge in [-0.2, -0.15) is 5.10 Å². The number of hydrogen-bond donors (Lipinski definition) is 2. The van der Waals surface area contributed by atoms with Crippen molar-refractivity contribution in [2.75, 3.05) is 10.6 Å². The second kappa shape index (κ2) is 7.87. The fourth-order valence-corrected chi connectivity index (χ4v) is 2.92. The van der Waals surface area contributed by atoms with Crippen LogP contribution in [0.4, 0.5) is 11.4 Å². The third-order valence-electron chi connectivity index (χ3n) is 3.66. The number of thiocarbonyl (C=S) groups is 1. The Kier molecular flexibility index (Phi) is 5.58. The zero-order chi connectivity index (χ0) is 17.8. The number of aryl methyl sites for hydroxylation is 1. The molecule has 0 saturated heterocycles. The lowest BCUT2D eigenvalue weighted by atomic mass is 10.1. The highest BCUT2D eigenvalue weighted by molar-refractivity contribution is 7.80. The molecule has 1 aromatic heterocycles. The largest absolute Gasteiger partial charge is 0.331 e. The Bertz CT molecular complexity index is 908. The lowest BCUT2D eigenvalue weighted by Gasteiger charge is -2.10. The summed E-state index contributed by atoms with van der Waals surface area (Å²) in [5, 5.41) is 12.0. The average Bonchev–Trinajstić information content (AvgIpc) is 3.00. The minimum Gasteiger partial charge on any atom is -0.331 e. The molecule has 2 aromatic carbocycles. The summed E-state index contributed by atoms with van der Waals surface area (Å²) in [4.78, 5) is 0. The van der Waals surface area contributed by atoms with Gasteiger partial charge in [-0.25, -0.2) is 0 Å². The molecule has 7 heteroatoms. The summed E-state index contributed by atoms with van der Waals surface area (Å²) in [5.74, 6) is 0.